The van der Waals surface area contributed by atoms with Crippen molar-refractivity contribution in [2.45, 2.75) is 25.6 Å². The lowest BCUT2D eigenvalue weighted by Gasteiger charge is -2.35. The van der Waals surface area contributed by atoms with E-state index in [4.69, 9.17) is 18.6 Å². The van der Waals surface area contributed by atoms with E-state index >= 15 is 0 Å². The lowest BCUT2D eigenvalue weighted by atomic mass is 9.92. The fourth-order valence-corrected chi connectivity index (χ4v) is 4.23. The Bertz CT molecular complexity index is 1390. The third-order valence-corrected chi connectivity index (χ3v) is 6.01. The van der Waals surface area contributed by atoms with Crippen molar-refractivity contribution in [2.75, 3.05) is 19.1 Å². The second-order valence-corrected chi connectivity index (χ2v) is 8.13. The first-order valence-corrected chi connectivity index (χ1v) is 10.9. The summed E-state index contributed by atoms with van der Waals surface area (Å²) in [5.41, 5.74) is 3.22. The maximum atomic E-state index is 13.7. The normalized spacial score (nSPS) is 15.1. The van der Waals surface area contributed by atoms with E-state index in [1.165, 1.54) is 44.6 Å². The van der Waals surface area contributed by atoms with Crippen LogP contribution in [0, 0.1) is 11.6 Å². The number of oxazole rings is 1. The molecule has 9 heteroatoms. The van der Waals surface area contributed by atoms with Crippen molar-refractivity contribution in [3.63, 3.8) is 0 Å². The number of benzene rings is 3. The molecular formula is C26H22F2N2O5. The van der Waals surface area contributed by atoms with Gasteiger partial charge in [-0.1, -0.05) is 18.2 Å². The SMILES string of the molecule is COC(=O)[C@@H]1Cc2c(ccc(OC)c2OCc2ccc(F)cc2)CN1c1nc2ccc(F)cc2o1. The summed E-state index contributed by atoms with van der Waals surface area (Å²) < 4.78 is 49.4. The number of hydrogen-bond donors (Lipinski definition) is 0. The summed E-state index contributed by atoms with van der Waals surface area (Å²) in [7, 11) is 2.85. The lowest BCUT2D eigenvalue weighted by Crippen LogP contribution is -2.46. The van der Waals surface area contributed by atoms with Gasteiger partial charge in [-0.3, -0.25) is 0 Å². The monoisotopic (exact) mass is 480 g/mol. The predicted molar refractivity (Wildman–Crippen MR) is 123 cm³/mol. The molecule has 1 atom stereocenters. The summed E-state index contributed by atoms with van der Waals surface area (Å²) in [6.45, 7) is 0.470. The van der Waals surface area contributed by atoms with E-state index in [0.717, 1.165) is 16.7 Å². The summed E-state index contributed by atoms with van der Waals surface area (Å²) >= 11 is 0. The molecule has 4 aromatic rings. The maximum absolute atomic E-state index is 13.7. The van der Waals surface area contributed by atoms with Crippen molar-refractivity contribution in [3.05, 3.63) is 82.9 Å². The van der Waals surface area contributed by atoms with Gasteiger partial charge in [0.2, 0.25) is 0 Å². The van der Waals surface area contributed by atoms with Crippen molar-refractivity contribution in [1.29, 1.82) is 0 Å². The first kappa shape index (κ1) is 22.6. The van der Waals surface area contributed by atoms with Gasteiger partial charge >= 0.3 is 5.97 Å². The summed E-state index contributed by atoms with van der Waals surface area (Å²) in [5, 5.41) is 0. The van der Waals surface area contributed by atoms with Crippen LogP contribution in [0.5, 0.6) is 11.5 Å². The lowest BCUT2D eigenvalue weighted by molar-refractivity contribution is -0.142. The molecule has 3 aromatic carbocycles. The number of rotatable bonds is 6. The van der Waals surface area contributed by atoms with Crippen molar-refractivity contribution in [1.82, 2.24) is 4.98 Å². The Morgan fingerprint density at radius 3 is 2.60 bits per heavy atom. The summed E-state index contributed by atoms with van der Waals surface area (Å²) in [6.07, 6.45) is 0.241. The highest BCUT2D eigenvalue weighted by Gasteiger charge is 2.37. The van der Waals surface area contributed by atoms with Crippen LogP contribution < -0.4 is 14.4 Å². The summed E-state index contributed by atoms with van der Waals surface area (Å²) in [6, 6.07) is 13.2. The van der Waals surface area contributed by atoms with Crippen LogP contribution in [0.25, 0.3) is 11.1 Å². The Labute approximate surface area is 199 Å². The zero-order valence-electron chi connectivity index (χ0n) is 19.1. The summed E-state index contributed by atoms with van der Waals surface area (Å²) in [4.78, 5) is 19.0. The Kier molecular flexibility index (Phi) is 5.98. The highest BCUT2D eigenvalue weighted by molar-refractivity contribution is 5.82. The molecule has 2 heterocycles. The number of aromatic nitrogens is 1. The van der Waals surface area contributed by atoms with E-state index < -0.39 is 17.8 Å². The van der Waals surface area contributed by atoms with Crippen LogP contribution in [0.4, 0.5) is 14.8 Å². The number of anilines is 1. The molecule has 0 unspecified atom stereocenters. The molecule has 0 spiro atoms. The molecule has 0 N–H and O–H groups in total. The fraction of sp³-hybridized carbons (Fsp3) is 0.231. The third-order valence-electron chi connectivity index (χ3n) is 6.01. The van der Waals surface area contributed by atoms with Crippen LogP contribution in [0.15, 0.2) is 59.0 Å². The number of esters is 1. The van der Waals surface area contributed by atoms with Crippen LogP contribution in [-0.2, 0) is 29.1 Å². The largest absolute Gasteiger partial charge is 0.493 e. The average molecular weight is 480 g/mol. The quantitative estimate of drug-likeness (QED) is 0.367. The Morgan fingerprint density at radius 1 is 1.09 bits per heavy atom. The number of nitrogens with zero attached hydrogens (tertiary/aromatic N) is 2. The Hall–Kier alpha value is -4.14. The number of carbonyl (C=O) groups excluding carboxylic acids is 1. The van der Waals surface area contributed by atoms with Gasteiger partial charge in [-0.15, -0.1) is 0 Å². The van der Waals surface area contributed by atoms with Gasteiger partial charge in [-0.2, -0.15) is 4.98 Å². The smallest absolute Gasteiger partial charge is 0.329 e. The molecule has 0 saturated heterocycles. The van der Waals surface area contributed by atoms with Crippen molar-refractivity contribution in [3.8, 4) is 11.5 Å². The van der Waals surface area contributed by atoms with Crippen LogP contribution in [0.3, 0.4) is 0 Å². The van der Waals surface area contributed by atoms with Crippen LogP contribution >= 0.6 is 0 Å². The number of methoxy groups -OCH3 is 2. The van der Waals surface area contributed by atoms with Gasteiger partial charge in [-0.25, -0.2) is 13.6 Å². The molecular weight excluding hydrogens is 458 g/mol. The van der Waals surface area contributed by atoms with Crippen molar-refractivity contribution in [2.24, 2.45) is 0 Å². The Morgan fingerprint density at radius 2 is 1.86 bits per heavy atom. The van der Waals surface area contributed by atoms with Gasteiger partial charge in [0.05, 0.1) is 14.2 Å². The molecule has 7 nitrogen and oxygen atoms in total. The maximum Gasteiger partial charge on any atom is 0.329 e. The number of fused-ring (bicyclic) bond motifs is 2. The topological polar surface area (TPSA) is 74.0 Å². The van der Waals surface area contributed by atoms with Gasteiger partial charge < -0.3 is 23.5 Å². The predicted octanol–water partition coefficient (Wildman–Crippen LogP) is 4.80. The van der Waals surface area contributed by atoms with Gasteiger partial charge in [0.1, 0.15) is 29.8 Å². The number of ether oxygens (including phenoxy) is 3. The van der Waals surface area contributed by atoms with Gasteiger partial charge in [-0.05, 0) is 41.5 Å². The van der Waals surface area contributed by atoms with E-state index in [2.05, 4.69) is 4.98 Å². The van der Waals surface area contributed by atoms with Crippen LogP contribution in [0.2, 0.25) is 0 Å². The second kappa shape index (κ2) is 9.25. The number of halogens is 2. The minimum atomic E-state index is -0.759. The standard InChI is InChI=1S/C26H22F2N2O5/c1-32-22-10-5-16-13-30(26-29-20-9-8-18(28)11-23(20)35-26)21(25(31)33-2)12-19(16)24(22)34-14-15-3-6-17(27)7-4-15/h3-11,21H,12-14H2,1-2H3/t21-/m0/s1. The van der Waals surface area contributed by atoms with Gasteiger partial charge in [0.25, 0.3) is 6.01 Å². The molecule has 0 fully saturated rings. The first-order valence-electron chi connectivity index (χ1n) is 10.9. The van der Waals surface area contributed by atoms with E-state index in [1.807, 2.05) is 6.07 Å². The van der Waals surface area contributed by atoms with E-state index in [9.17, 15) is 13.6 Å². The molecule has 1 aliphatic rings. The zero-order valence-corrected chi connectivity index (χ0v) is 19.1. The van der Waals surface area contributed by atoms with E-state index in [0.29, 0.717) is 17.0 Å². The Balaban J connectivity index is 1.52. The fourth-order valence-electron chi connectivity index (χ4n) is 4.23. The van der Waals surface area contributed by atoms with E-state index in [1.54, 1.807) is 23.1 Å². The highest BCUT2D eigenvalue weighted by atomic mass is 19.1. The summed E-state index contributed by atoms with van der Waals surface area (Å²) in [5.74, 6) is -0.228. The molecule has 1 aromatic heterocycles. The minimum Gasteiger partial charge on any atom is -0.493 e. The average Bonchev–Trinajstić information content (AvgIpc) is 3.30. The molecule has 180 valence electrons. The molecule has 0 bridgehead atoms. The molecule has 0 saturated carbocycles. The van der Waals surface area contributed by atoms with Crippen molar-refractivity contribution >= 4 is 23.1 Å². The van der Waals surface area contributed by atoms with Crippen molar-refractivity contribution < 1.29 is 32.2 Å². The molecule has 0 radical (unpaired) electrons. The molecule has 0 amide bonds. The number of carbonyl (C=O) groups is 1. The third kappa shape index (κ3) is 4.37. The van der Waals surface area contributed by atoms with Gasteiger partial charge in [0.15, 0.2) is 17.1 Å². The highest BCUT2D eigenvalue weighted by Crippen LogP contribution is 2.40. The molecule has 5 rings (SSSR count). The zero-order chi connectivity index (χ0) is 24.5. The molecule has 35 heavy (non-hydrogen) atoms. The van der Waals surface area contributed by atoms with Gasteiger partial charge in [0, 0.05) is 24.6 Å². The van der Waals surface area contributed by atoms with Crippen LogP contribution in [0.1, 0.15) is 16.7 Å². The van der Waals surface area contributed by atoms with Crippen LogP contribution in [-0.4, -0.2) is 31.2 Å². The number of hydrogen-bond acceptors (Lipinski definition) is 7. The second-order valence-electron chi connectivity index (χ2n) is 8.13. The minimum absolute atomic E-state index is 0.191. The molecule has 1 aliphatic heterocycles. The van der Waals surface area contributed by atoms with E-state index in [-0.39, 0.29) is 37.0 Å². The molecule has 0 aliphatic carbocycles. The first-order chi connectivity index (χ1) is 17.0.